The van der Waals surface area contributed by atoms with Gasteiger partial charge in [0.2, 0.25) is 5.91 Å². The molecule has 1 saturated heterocycles. The van der Waals surface area contributed by atoms with Gasteiger partial charge in [0.15, 0.2) is 0 Å². The number of carboxylic acids is 1. The molecule has 2 N–H and O–H groups in total. The molecule has 1 aromatic carbocycles. The zero-order valence-corrected chi connectivity index (χ0v) is 14.7. The number of benzene rings is 1. The molecular formula is C21H25NO4. The first-order valence-electron chi connectivity index (χ1n) is 9.90. The lowest BCUT2D eigenvalue weighted by molar-refractivity contribution is -0.148. The van der Waals surface area contributed by atoms with Gasteiger partial charge in [-0.25, -0.2) is 0 Å². The van der Waals surface area contributed by atoms with Gasteiger partial charge in [0.25, 0.3) is 0 Å². The third kappa shape index (κ3) is 2.29. The molecule has 5 heteroatoms. The highest BCUT2D eigenvalue weighted by Gasteiger charge is 2.64. The van der Waals surface area contributed by atoms with Crippen molar-refractivity contribution in [3.63, 3.8) is 0 Å². The average Bonchev–Trinajstić information content (AvgIpc) is 3.13. The van der Waals surface area contributed by atoms with Gasteiger partial charge >= 0.3 is 5.97 Å². The Morgan fingerprint density at radius 3 is 2.54 bits per heavy atom. The Balaban J connectivity index is 1.43. The molecule has 0 aromatic heterocycles. The smallest absolute Gasteiger partial charge is 0.316 e. The summed E-state index contributed by atoms with van der Waals surface area (Å²) in [6, 6.07) is 10.1. The van der Waals surface area contributed by atoms with Gasteiger partial charge in [0.1, 0.15) is 17.8 Å². The van der Waals surface area contributed by atoms with Gasteiger partial charge in [0.05, 0.1) is 0 Å². The van der Waals surface area contributed by atoms with E-state index in [-0.39, 0.29) is 24.0 Å². The first-order chi connectivity index (χ1) is 12.6. The van der Waals surface area contributed by atoms with Gasteiger partial charge in [-0.3, -0.25) is 9.59 Å². The van der Waals surface area contributed by atoms with Crippen LogP contribution < -0.4 is 10.1 Å². The Kier molecular flexibility index (Phi) is 3.73. The highest BCUT2D eigenvalue weighted by atomic mass is 16.5. The number of rotatable bonds is 3. The van der Waals surface area contributed by atoms with E-state index < -0.39 is 11.9 Å². The number of para-hydroxylation sites is 1. The Morgan fingerprint density at radius 1 is 1.00 bits per heavy atom. The molecule has 1 amide bonds. The fourth-order valence-electron chi connectivity index (χ4n) is 6.73. The first-order valence-corrected chi connectivity index (χ1v) is 9.90. The fraction of sp³-hybridized carbons (Fsp3) is 0.619. The number of aliphatic carboxylic acids is 1. The summed E-state index contributed by atoms with van der Waals surface area (Å²) >= 11 is 0. The molecule has 4 fully saturated rings. The monoisotopic (exact) mass is 355 g/mol. The van der Waals surface area contributed by atoms with Crippen molar-refractivity contribution < 1.29 is 19.4 Å². The van der Waals surface area contributed by atoms with Crippen LogP contribution in [0.5, 0.6) is 5.75 Å². The zero-order valence-electron chi connectivity index (χ0n) is 14.7. The number of amides is 1. The maximum Gasteiger partial charge on any atom is 0.316 e. The predicted molar refractivity (Wildman–Crippen MR) is 94.4 cm³/mol. The lowest BCUT2D eigenvalue weighted by Crippen LogP contribution is -2.47. The highest BCUT2D eigenvalue weighted by Crippen LogP contribution is 2.60. The minimum Gasteiger partial charge on any atom is -0.490 e. The standard InChI is InChI=1S/C21H25NO4/c23-20-18(21(24)25)17-13-9-10-15(26-11-5-2-1-3-6-11)12-7-4-8-14(16(12)13)19(17)22-20/h1-3,5-6,12-19H,4,7-10H2,(H,22,23)(H,24,25). The lowest BCUT2D eigenvalue weighted by Gasteiger charge is -2.46. The van der Waals surface area contributed by atoms with Gasteiger partial charge < -0.3 is 15.2 Å². The van der Waals surface area contributed by atoms with E-state index in [0.717, 1.165) is 37.9 Å². The lowest BCUT2D eigenvalue weighted by atomic mass is 9.62. The van der Waals surface area contributed by atoms with Gasteiger partial charge in [-0.05, 0) is 61.5 Å². The van der Waals surface area contributed by atoms with Crippen LogP contribution in [0.2, 0.25) is 0 Å². The van der Waals surface area contributed by atoms with Crippen molar-refractivity contribution in [3.8, 4) is 5.75 Å². The summed E-state index contributed by atoms with van der Waals surface area (Å²) in [5, 5.41) is 12.7. The molecule has 0 bridgehead atoms. The van der Waals surface area contributed by atoms with Gasteiger partial charge in [-0.15, -0.1) is 0 Å². The molecule has 1 heterocycles. The number of ether oxygens (including phenoxy) is 1. The summed E-state index contributed by atoms with van der Waals surface area (Å²) in [5.74, 6) is 0.534. The van der Waals surface area contributed by atoms with Crippen LogP contribution in [0, 0.1) is 35.5 Å². The van der Waals surface area contributed by atoms with Crippen molar-refractivity contribution in [2.45, 2.75) is 44.2 Å². The topological polar surface area (TPSA) is 75.6 Å². The van der Waals surface area contributed by atoms with E-state index >= 15 is 0 Å². The molecule has 3 saturated carbocycles. The number of hydrogen-bond donors (Lipinski definition) is 2. The Morgan fingerprint density at radius 2 is 1.77 bits per heavy atom. The molecule has 0 radical (unpaired) electrons. The number of nitrogens with one attached hydrogen (secondary N) is 1. The minimum atomic E-state index is -0.951. The van der Waals surface area contributed by atoms with E-state index in [0.29, 0.717) is 23.7 Å². The maximum absolute atomic E-state index is 12.3. The largest absolute Gasteiger partial charge is 0.490 e. The quantitative estimate of drug-likeness (QED) is 0.818. The Hall–Kier alpha value is -2.04. The average molecular weight is 355 g/mol. The third-order valence-corrected chi connectivity index (χ3v) is 7.46. The van der Waals surface area contributed by atoms with E-state index in [1.54, 1.807) is 0 Å². The molecular weight excluding hydrogens is 330 g/mol. The summed E-state index contributed by atoms with van der Waals surface area (Å²) in [6.07, 6.45) is 5.53. The van der Waals surface area contributed by atoms with E-state index in [9.17, 15) is 14.7 Å². The van der Waals surface area contributed by atoms with Crippen molar-refractivity contribution in [2.24, 2.45) is 35.5 Å². The van der Waals surface area contributed by atoms with Gasteiger partial charge in [-0.2, -0.15) is 0 Å². The van der Waals surface area contributed by atoms with Crippen LogP contribution in [0.3, 0.4) is 0 Å². The van der Waals surface area contributed by atoms with Crippen molar-refractivity contribution in [2.75, 3.05) is 0 Å². The van der Waals surface area contributed by atoms with Crippen LogP contribution in [-0.4, -0.2) is 29.1 Å². The summed E-state index contributed by atoms with van der Waals surface area (Å²) < 4.78 is 6.36. The van der Waals surface area contributed by atoms with E-state index in [1.807, 2.05) is 30.3 Å². The maximum atomic E-state index is 12.3. The van der Waals surface area contributed by atoms with E-state index in [1.165, 1.54) is 0 Å². The second-order valence-electron chi connectivity index (χ2n) is 8.47. The van der Waals surface area contributed by atoms with Crippen LogP contribution in [-0.2, 0) is 9.59 Å². The number of carbonyl (C=O) groups is 2. The second kappa shape index (κ2) is 6.00. The first kappa shape index (κ1) is 16.2. The predicted octanol–water partition coefficient (Wildman–Crippen LogP) is 2.71. The minimum absolute atomic E-state index is 0.0340. The Labute approximate surface area is 153 Å². The normalized spacial score (nSPS) is 43.3. The van der Waals surface area contributed by atoms with Crippen LogP contribution in [0.15, 0.2) is 30.3 Å². The van der Waals surface area contributed by atoms with Crippen LogP contribution in [0.1, 0.15) is 32.1 Å². The van der Waals surface area contributed by atoms with E-state index in [4.69, 9.17) is 4.74 Å². The number of carbonyl (C=O) groups excluding carboxylic acids is 1. The molecule has 5 nitrogen and oxygen atoms in total. The number of hydrogen-bond acceptors (Lipinski definition) is 3. The molecule has 1 aliphatic heterocycles. The molecule has 5 rings (SSSR count). The molecule has 8 unspecified atom stereocenters. The molecule has 1 aromatic rings. The number of fused-ring (bicyclic) bond motifs is 3. The van der Waals surface area contributed by atoms with Crippen molar-refractivity contribution in [3.05, 3.63) is 30.3 Å². The second-order valence-corrected chi connectivity index (χ2v) is 8.47. The van der Waals surface area contributed by atoms with Crippen LogP contribution in [0.25, 0.3) is 0 Å². The summed E-state index contributed by atoms with van der Waals surface area (Å²) in [5.41, 5.74) is 0. The summed E-state index contributed by atoms with van der Waals surface area (Å²) in [6.45, 7) is 0. The highest BCUT2D eigenvalue weighted by molar-refractivity contribution is 5.99. The summed E-state index contributed by atoms with van der Waals surface area (Å²) in [7, 11) is 0. The van der Waals surface area contributed by atoms with Crippen LogP contribution in [0.4, 0.5) is 0 Å². The third-order valence-electron chi connectivity index (χ3n) is 7.46. The SMILES string of the molecule is O=C(O)C1C(=O)NC2C3CCCC4C(Oc5ccccc5)CCC(C43)C12. The van der Waals surface area contributed by atoms with Crippen LogP contribution >= 0.6 is 0 Å². The number of carboxylic acid groups (broad SMARTS) is 1. The molecule has 3 aliphatic carbocycles. The van der Waals surface area contributed by atoms with Crippen molar-refractivity contribution >= 4 is 11.9 Å². The van der Waals surface area contributed by atoms with Crippen molar-refractivity contribution in [1.82, 2.24) is 5.32 Å². The Bertz CT molecular complexity index is 720. The van der Waals surface area contributed by atoms with E-state index in [2.05, 4.69) is 5.32 Å². The molecule has 138 valence electrons. The van der Waals surface area contributed by atoms with Gasteiger partial charge in [0, 0.05) is 12.0 Å². The molecule has 8 atom stereocenters. The molecule has 26 heavy (non-hydrogen) atoms. The van der Waals surface area contributed by atoms with Crippen molar-refractivity contribution in [1.29, 1.82) is 0 Å². The van der Waals surface area contributed by atoms with Gasteiger partial charge in [-0.1, -0.05) is 24.6 Å². The summed E-state index contributed by atoms with van der Waals surface area (Å²) in [4.78, 5) is 24.0. The molecule has 0 spiro atoms. The fourth-order valence-corrected chi connectivity index (χ4v) is 6.73. The molecule has 4 aliphatic rings. The zero-order chi connectivity index (χ0) is 17.8.